The maximum absolute atomic E-state index is 13.6. The van der Waals surface area contributed by atoms with Crippen molar-refractivity contribution < 1.29 is 19.1 Å². The Hall–Kier alpha value is -4.15. The van der Waals surface area contributed by atoms with Crippen LogP contribution in [-0.2, 0) is 16.1 Å². The largest absolute Gasteiger partial charge is 0.488 e. The number of esters is 1. The van der Waals surface area contributed by atoms with E-state index in [2.05, 4.69) is 27.3 Å². The third-order valence-corrected chi connectivity index (χ3v) is 7.17. The van der Waals surface area contributed by atoms with E-state index in [1.165, 1.54) is 0 Å². The summed E-state index contributed by atoms with van der Waals surface area (Å²) in [5.41, 5.74) is 5.84. The summed E-state index contributed by atoms with van der Waals surface area (Å²) < 4.78 is 12.1. The third kappa shape index (κ3) is 4.34. The molecule has 0 fully saturated rings. The average molecular weight is 555 g/mol. The van der Waals surface area contributed by atoms with Crippen LogP contribution in [0.4, 0.5) is 0 Å². The molecule has 1 heterocycles. The Morgan fingerprint density at radius 1 is 1.08 bits per heavy atom. The lowest BCUT2D eigenvalue weighted by atomic mass is 9.80. The van der Waals surface area contributed by atoms with Gasteiger partial charge in [0.2, 0.25) is 0 Å². The van der Waals surface area contributed by atoms with Crippen molar-refractivity contribution in [1.82, 2.24) is 5.32 Å². The maximum Gasteiger partial charge on any atom is 0.336 e. The minimum absolute atomic E-state index is 0.109. The molecule has 0 radical (unpaired) electrons. The van der Waals surface area contributed by atoms with Crippen molar-refractivity contribution in [3.63, 3.8) is 0 Å². The Balaban J connectivity index is 1.54. The first-order chi connectivity index (χ1) is 17.9. The van der Waals surface area contributed by atoms with Gasteiger partial charge in [-0.2, -0.15) is 5.26 Å². The van der Waals surface area contributed by atoms with Crippen molar-refractivity contribution in [2.45, 2.75) is 26.4 Å². The molecule has 0 bridgehead atoms. The number of rotatable bonds is 6. The fourth-order valence-electron chi connectivity index (χ4n) is 4.87. The Bertz CT molecular complexity index is 1550. The second-order valence-corrected chi connectivity index (χ2v) is 9.58. The van der Waals surface area contributed by atoms with Crippen LogP contribution < -0.4 is 10.1 Å². The van der Waals surface area contributed by atoms with E-state index in [-0.39, 0.29) is 19.0 Å². The summed E-state index contributed by atoms with van der Waals surface area (Å²) >= 11 is 3.60. The van der Waals surface area contributed by atoms with Gasteiger partial charge in [0, 0.05) is 33.9 Å². The molecule has 3 aromatic rings. The first kappa shape index (κ1) is 24.5. The smallest absolute Gasteiger partial charge is 0.336 e. The van der Waals surface area contributed by atoms with Crippen LogP contribution in [0.25, 0.3) is 5.70 Å². The van der Waals surface area contributed by atoms with E-state index < -0.39 is 11.9 Å². The molecule has 7 heteroatoms. The molecule has 0 saturated heterocycles. The number of fused-ring (bicyclic) bond motifs is 2. The number of hydrogen-bond donors (Lipinski definition) is 1. The fraction of sp³-hybridized carbons (Fsp3) is 0.167. The number of halogens is 1. The lowest BCUT2D eigenvalue weighted by Gasteiger charge is -2.29. The molecule has 1 N–H and O–H groups in total. The minimum atomic E-state index is -0.611. The van der Waals surface area contributed by atoms with E-state index in [1.54, 1.807) is 25.1 Å². The average Bonchev–Trinajstić information content (AvgIpc) is 3.18. The number of benzene rings is 3. The number of ether oxygens (including phenoxy) is 2. The number of nitriles is 1. The molecule has 0 spiro atoms. The minimum Gasteiger partial charge on any atom is -0.488 e. The van der Waals surface area contributed by atoms with Crippen molar-refractivity contribution in [2.75, 3.05) is 6.61 Å². The molecule has 5 rings (SSSR count). The van der Waals surface area contributed by atoms with Gasteiger partial charge in [-0.25, -0.2) is 4.79 Å². The summed E-state index contributed by atoms with van der Waals surface area (Å²) in [6.45, 7) is 4.04. The highest BCUT2D eigenvalue weighted by Gasteiger charge is 2.43. The van der Waals surface area contributed by atoms with Gasteiger partial charge >= 0.3 is 5.97 Å². The quantitative estimate of drug-likeness (QED) is 0.374. The standard InChI is InChI=1S/C30H23BrN2O4/c1-3-36-30(35)25-17(2)33-28-21-10-6-7-11-22(21)29(34)27(28)26(25)18-12-13-24(23(31)14-18)37-16-20-9-5-4-8-19(20)15-32/h4-14,26,33H,3,16H2,1-2H3/t26-/m1/s1. The number of nitrogens with zero attached hydrogens (tertiary/aromatic N) is 1. The van der Waals surface area contributed by atoms with Crippen LogP contribution >= 0.6 is 15.9 Å². The van der Waals surface area contributed by atoms with Gasteiger partial charge in [0.25, 0.3) is 0 Å². The van der Waals surface area contributed by atoms with E-state index >= 15 is 0 Å². The van der Waals surface area contributed by atoms with Crippen LogP contribution in [0.2, 0.25) is 0 Å². The molecule has 3 aromatic carbocycles. The predicted octanol–water partition coefficient (Wildman–Crippen LogP) is 6.03. The fourth-order valence-corrected chi connectivity index (χ4v) is 5.38. The van der Waals surface area contributed by atoms with E-state index in [4.69, 9.17) is 9.47 Å². The van der Waals surface area contributed by atoms with Crippen molar-refractivity contribution >= 4 is 33.4 Å². The van der Waals surface area contributed by atoms with E-state index in [0.717, 1.165) is 22.4 Å². The van der Waals surface area contributed by atoms with Crippen molar-refractivity contribution in [2.24, 2.45) is 0 Å². The van der Waals surface area contributed by atoms with Gasteiger partial charge in [0.15, 0.2) is 5.78 Å². The van der Waals surface area contributed by atoms with Gasteiger partial charge in [0.1, 0.15) is 12.4 Å². The number of dihydropyridines is 1. The van der Waals surface area contributed by atoms with Crippen LogP contribution in [0.15, 0.2) is 88.0 Å². The molecule has 1 aliphatic heterocycles. The Morgan fingerprint density at radius 3 is 2.54 bits per heavy atom. The Kier molecular flexibility index (Phi) is 6.68. The second-order valence-electron chi connectivity index (χ2n) is 8.73. The van der Waals surface area contributed by atoms with E-state index in [9.17, 15) is 14.9 Å². The molecule has 0 saturated carbocycles. The van der Waals surface area contributed by atoms with Crippen LogP contribution in [-0.4, -0.2) is 18.4 Å². The Morgan fingerprint density at radius 2 is 1.81 bits per heavy atom. The molecule has 1 atom stereocenters. The van der Waals surface area contributed by atoms with Crippen molar-refractivity contribution in [1.29, 1.82) is 5.26 Å². The molecule has 2 aliphatic rings. The van der Waals surface area contributed by atoms with Crippen LogP contribution in [0.3, 0.4) is 0 Å². The number of hydrogen-bond acceptors (Lipinski definition) is 6. The first-order valence-electron chi connectivity index (χ1n) is 11.9. The number of carbonyl (C=O) groups is 2. The van der Waals surface area contributed by atoms with Gasteiger partial charge in [-0.15, -0.1) is 0 Å². The third-order valence-electron chi connectivity index (χ3n) is 6.55. The predicted molar refractivity (Wildman–Crippen MR) is 143 cm³/mol. The monoisotopic (exact) mass is 554 g/mol. The molecular formula is C30H23BrN2O4. The molecule has 0 aromatic heterocycles. The highest BCUT2D eigenvalue weighted by Crippen LogP contribution is 2.47. The maximum atomic E-state index is 13.6. The van der Waals surface area contributed by atoms with Gasteiger partial charge < -0.3 is 14.8 Å². The zero-order chi connectivity index (χ0) is 26.1. The topological polar surface area (TPSA) is 88.4 Å². The van der Waals surface area contributed by atoms with Crippen molar-refractivity contribution in [3.05, 3.63) is 116 Å². The molecular weight excluding hydrogens is 532 g/mol. The molecule has 0 unspecified atom stereocenters. The zero-order valence-corrected chi connectivity index (χ0v) is 21.9. The lowest BCUT2D eigenvalue weighted by molar-refractivity contribution is -0.138. The summed E-state index contributed by atoms with van der Waals surface area (Å²) in [6.07, 6.45) is 0. The highest BCUT2D eigenvalue weighted by molar-refractivity contribution is 9.10. The molecule has 6 nitrogen and oxygen atoms in total. The van der Waals surface area contributed by atoms with Gasteiger partial charge in [-0.1, -0.05) is 48.5 Å². The number of Topliss-reactive ketones (excluding diaryl/α,β-unsaturated/α-hetero) is 1. The van der Waals surface area contributed by atoms with E-state index in [1.807, 2.05) is 55.5 Å². The summed E-state index contributed by atoms with van der Waals surface area (Å²) in [7, 11) is 0. The summed E-state index contributed by atoms with van der Waals surface area (Å²) in [5, 5.41) is 12.7. The van der Waals surface area contributed by atoms with Crippen LogP contribution in [0.5, 0.6) is 5.75 Å². The molecule has 184 valence electrons. The summed E-state index contributed by atoms with van der Waals surface area (Å²) in [5.74, 6) is -0.599. The first-order valence-corrected chi connectivity index (χ1v) is 12.7. The normalized spacial score (nSPS) is 16.1. The van der Waals surface area contributed by atoms with Crippen molar-refractivity contribution in [3.8, 4) is 11.8 Å². The number of allylic oxidation sites excluding steroid dienone is 2. The molecule has 0 amide bonds. The SMILES string of the molecule is CCOC(=O)C1=C(C)NC2=C(C(=O)c3ccccc32)[C@@H]1c1ccc(OCc2ccccc2C#N)c(Br)c1. The van der Waals surface area contributed by atoms with Gasteiger partial charge in [-0.05, 0) is 53.5 Å². The van der Waals surface area contributed by atoms with E-state index in [0.29, 0.717) is 38.2 Å². The highest BCUT2D eigenvalue weighted by atomic mass is 79.9. The number of ketones is 1. The summed E-state index contributed by atoms with van der Waals surface area (Å²) in [4.78, 5) is 26.7. The second kappa shape index (κ2) is 10.1. The zero-order valence-electron chi connectivity index (χ0n) is 20.3. The van der Waals surface area contributed by atoms with Gasteiger partial charge in [-0.3, -0.25) is 4.79 Å². The molecule has 37 heavy (non-hydrogen) atoms. The lowest BCUT2D eigenvalue weighted by Crippen LogP contribution is -2.29. The van der Waals surface area contributed by atoms with Crippen LogP contribution in [0.1, 0.15) is 52.4 Å². The van der Waals surface area contributed by atoms with Crippen LogP contribution in [0, 0.1) is 11.3 Å². The summed E-state index contributed by atoms with van der Waals surface area (Å²) in [6, 6.07) is 22.4. The number of carbonyl (C=O) groups excluding carboxylic acids is 2. The molecule has 1 aliphatic carbocycles. The number of nitrogens with one attached hydrogen (secondary N) is 1. The van der Waals surface area contributed by atoms with Gasteiger partial charge in [0.05, 0.1) is 34.0 Å². The Labute approximate surface area is 223 Å².